The van der Waals surface area contributed by atoms with Gasteiger partial charge in [0, 0.05) is 17.0 Å². The van der Waals surface area contributed by atoms with Crippen molar-refractivity contribution in [3.8, 4) is 11.1 Å². The molecule has 98 valence electrons. The lowest BCUT2D eigenvalue weighted by Crippen LogP contribution is -1.87. The van der Waals surface area contributed by atoms with Gasteiger partial charge in [0.05, 0.1) is 5.52 Å². The van der Waals surface area contributed by atoms with E-state index in [2.05, 4.69) is 59.6 Å². The molecule has 0 amide bonds. The number of hydrogen-bond donors (Lipinski definition) is 0. The van der Waals surface area contributed by atoms with E-state index in [0.29, 0.717) is 0 Å². The van der Waals surface area contributed by atoms with Gasteiger partial charge in [0.15, 0.2) is 0 Å². The first-order chi connectivity index (χ1) is 10.4. The number of benzene rings is 3. The summed E-state index contributed by atoms with van der Waals surface area (Å²) in [5.41, 5.74) is 6.67. The van der Waals surface area contributed by atoms with Crippen LogP contribution in [0.15, 0.2) is 66.9 Å². The molecule has 1 heteroatoms. The fourth-order valence-electron chi connectivity index (χ4n) is 3.57. The molecule has 0 fully saturated rings. The molecule has 0 saturated carbocycles. The summed E-state index contributed by atoms with van der Waals surface area (Å²) in [7, 11) is 0. The number of aromatic nitrogens is 1. The maximum atomic E-state index is 4.65. The van der Waals surface area contributed by atoms with Gasteiger partial charge in [-0.05, 0) is 40.1 Å². The van der Waals surface area contributed by atoms with Crippen LogP contribution in [0, 0.1) is 0 Å². The standard InChI is InChI=1S/C20H13N/c1-2-6-14-13(5-1)11-18-15(14)9-10-16-17-7-3-4-8-20(17)21-12-19(16)18/h1-10,12H,11H2. The second-order valence-corrected chi connectivity index (χ2v) is 5.66. The Hall–Kier alpha value is -2.67. The zero-order valence-corrected chi connectivity index (χ0v) is 11.5. The lowest BCUT2D eigenvalue weighted by Gasteiger charge is -2.08. The summed E-state index contributed by atoms with van der Waals surface area (Å²) < 4.78 is 0. The van der Waals surface area contributed by atoms with Gasteiger partial charge in [-0.2, -0.15) is 0 Å². The third-order valence-electron chi connectivity index (χ3n) is 4.56. The molecular weight excluding hydrogens is 254 g/mol. The molecule has 0 bridgehead atoms. The zero-order chi connectivity index (χ0) is 13.8. The Morgan fingerprint density at radius 1 is 0.667 bits per heavy atom. The van der Waals surface area contributed by atoms with Gasteiger partial charge in [-0.3, -0.25) is 4.98 Å². The van der Waals surface area contributed by atoms with E-state index in [1.165, 1.54) is 38.4 Å². The van der Waals surface area contributed by atoms with Crippen LogP contribution >= 0.6 is 0 Å². The minimum absolute atomic E-state index is 1.02. The van der Waals surface area contributed by atoms with Crippen LogP contribution in [-0.2, 0) is 6.42 Å². The smallest absolute Gasteiger partial charge is 0.0708 e. The predicted molar refractivity (Wildman–Crippen MR) is 87.5 cm³/mol. The molecule has 1 aliphatic rings. The Morgan fingerprint density at radius 2 is 1.52 bits per heavy atom. The summed E-state index contributed by atoms with van der Waals surface area (Å²) in [5, 5.41) is 3.85. The number of para-hydroxylation sites is 1. The first-order valence-corrected chi connectivity index (χ1v) is 7.29. The molecule has 0 saturated heterocycles. The zero-order valence-electron chi connectivity index (χ0n) is 11.5. The van der Waals surface area contributed by atoms with Crippen LogP contribution in [0.25, 0.3) is 32.8 Å². The van der Waals surface area contributed by atoms with E-state index < -0.39 is 0 Å². The number of fused-ring (bicyclic) bond motifs is 7. The van der Waals surface area contributed by atoms with Crippen molar-refractivity contribution in [3.05, 3.63) is 78.0 Å². The largest absolute Gasteiger partial charge is 0.256 e. The van der Waals surface area contributed by atoms with Crippen molar-refractivity contribution >= 4 is 21.7 Å². The Labute approximate surface area is 122 Å². The van der Waals surface area contributed by atoms with Gasteiger partial charge in [-0.25, -0.2) is 0 Å². The van der Waals surface area contributed by atoms with Gasteiger partial charge in [-0.15, -0.1) is 0 Å². The number of rotatable bonds is 0. The molecule has 1 aliphatic carbocycles. The van der Waals surface area contributed by atoms with Gasteiger partial charge >= 0.3 is 0 Å². The Bertz CT molecular complexity index is 1010. The van der Waals surface area contributed by atoms with Crippen LogP contribution in [0.1, 0.15) is 11.1 Å². The van der Waals surface area contributed by atoms with Crippen molar-refractivity contribution in [2.75, 3.05) is 0 Å². The molecule has 1 aromatic heterocycles. The van der Waals surface area contributed by atoms with E-state index in [4.69, 9.17) is 0 Å². The highest BCUT2D eigenvalue weighted by molar-refractivity contribution is 6.08. The van der Waals surface area contributed by atoms with E-state index in [-0.39, 0.29) is 0 Å². The molecule has 0 aliphatic heterocycles. The quantitative estimate of drug-likeness (QED) is 0.361. The Morgan fingerprint density at radius 3 is 2.52 bits per heavy atom. The molecule has 0 N–H and O–H groups in total. The maximum absolute atomic E-state index is 4.65. The van der Waals surface area contributed by atoms with Crippen molar-refractivity contribution < 1.29 is 0 Å². The number of pyridine rings is 1. The third-order valence-corrected chi connectivity index (χ3v) is 4.56. The van der Waals surface area contributed by atoms with Crippen molar-refractivity contribution in [3.63, 3.8) is 0 Å². The van der Waals surface area contributed by atoms with Crippen molar-refractivity contribution in [1.82, 2.24) is 4.98 Å². The topological polar surface area (TPSA) is 12.9 Å². The summed E-state index contributed by atoms with van der Waals surface area (Å²) in [6.45, 7) is 0. The second kappa shape index (κ2) is 3.92. The first kappa shape index (κ1) is 11.0. The summed E-state index contributed by atoms with van der Waals surface area (Å²) in [5.74, 6) is 0. The molecule has 0 spiro atoms. The summed E-state index contributed by atoms with van der Waals surface area (Å²) >= 11 is 0. The molecule has 21 heavy (non-hydrogen) atoms. The molecule has 5 rings (SSSR count). The monoisotopic (exact) mass is 267 g/mol. The SMILES string of the molecule is c1ccc2c(c1)Cc1c-2ccc2c1cnc1ccccc12. The van der Waals surface area contributed by atoms with Crippen LogP contribution in [0.4, 0.5) is 0 Å². The van der Waals surface area contributed by atoms with E-state index in [9.17, 15) is 0 Å². The summed E-state index contributed by atoms with van der Waals surface area (Å²) in [4.78, 5) is 4.65. The minimum atomic E-state index is 1.02. The average Bonchev–Trinajstić information content (AvgIpc) is 2.93. The van der Waals surface area contributed by atoms with Gasteiger partial charge in [0.1, 0.15) is 0 Å². The average molecular weight is 267 g/mol. The van der Waals surface area contributed by atoms with Gasteiger partial charge in [0.2, 0.25) is 0 Å². The third kappa shape index (κ3) is 1.43. The van der Waals surface area contributed by atoms with Crippen LogP contribution in [0.3, 0.4) is 0 Å². The van der Waals surface area contributed by atoms with E-state index in [1.807, 2.05) is 12.3 Å². The molecular formula is C20H13N. The summed E-state index contributed by atoms with van der Waals surface area (Å²) in [6, 6.07) is 21.6. The maximum Gasteiger partial charge on any atom is 0.0708 e. The Kier molecular flexibility index (Phi) is 2.06. The predicted octanol–water partition coefficient (Wildman–Crippen LogP) is 4.96. The molecule has 0 radical (unpaired) electrons. The fraction of sp³-hybridized carbons (Fsp3) is 0.0500. The van der Waals surface area contributed by atoms with Gasteiger partial charge in [0.25, 0.3) is 0 Å². The molecule has 4 aromatic rings. The number of hydrogen-bond acceptors (Lipinski definition) is 1. The highest BCUT2D eigenvalue weighted by atomic mass is 14.6. The highest BCUT2D eigenvalue weighted by Gasteiger charge is 2.20. The van der Waals surface area contributed by atoms with E-state index >= 15 is 0 Å². The van der Waals surface area contributed by atoms with Gasteiger partial charge in [-0.1, -0.05) is 54.6 Å². The normalized spacial score (nSPS) is 12.6. The minimum Gasteiger partial charge on any atom is -0.256 e. The van der Waals surface area contributed by atoms with Crippen molar-refractivity contribution in [2.24, 2.45) is 0 Å². The van der Waals surface area contributed by atoms with Crippen molar-refractivity contribution in [1.29, 1.82) is 0 Å². The van der Waals surface area contributed by atoms with E-state index in [0.717, 1.165) is 11.9 Å². The fourth-order valence-corrected chi connectivity index (χ4v) is 3.57. The van der Waals surface area contributed by atoms with Crippen LogP contribution < -0.4 is 0 Å². The highest BCUT2D eigenvalue weighted by Crippen LogP contribution is 2.41. The van der Waals surface area contributed by atoms with Crippen LogP contribution in [0.5, 0.6) is 0 Å². The molecule has 0 unspecified atom stereocenters. The van der Waals surface area contributed by atoms with Gasteiger partial charge < -0.3 is 0 Å². The van der Waals surface area contributed by atoms with Crippen molar-refractivity contribution in [2.45, 2.75) is 6.42 Å². The molecule has 0 atom stereocenters. The Balaban J connectivity index is 1.91. The van der Waals surface area contributed by atoms with Crippen LogP contribution in [0.2, 0.25) is 0 Å². The van der Waals surface area contributed by atoms with E-state index in [1.54, 1.807) is 0 Å². The molecule has 1 heterocycles. The molecule has 1 nitrogen and oxygen atoms in total. The summed E-state index contributed by atoms with van der Waals surface area (Å²) in [6.07, 6.45) is 3.06. The number of nitrogens with zero attached hydrogens (tertiary/aromatic N) is 1. The second-order valence-electron chi connectivity index (χ2n) is 5.66. The van der Waals surface area contributed by atoms with Crippen LogP contribution in [-0.4, -0.2) is 4.98 Å². The lowest BCUT2D eigenvalue weighted by atomic mass is 9.98. The lowest BCUT2D eigenvalue weighted by molar-refractivity contribution is 1.28. The first-order valence-electron chi connectivity index (χ1n) is 7.29. The molecule has 3 aromatic carbocycles.